The molecule has 1 atom stereocenters. The number of aryl methyl sites for hydroxylation is 1. The van der Waals surface area contributed by atoms with Gasteiger partial charge in [-0.2, -0.15) is 5.26 Å². The molecule has 0 aliphatic carbocycles. The van der Waals surface area contributed by atoms with Crippen LogP contribution in [-0.4, -0.2) is 34.9 Å². The molecule has 0 bridgehead atoms. The van der Waals surface area contributed by atoms with E-state index in [0.29, 0.717) is 18.5 Å². The van der Waals surface area contributed by atoms with Crippen molar-refractivity contribution in [1.29, 1.82) is 5.26 Å². The van der Waals surface area contributed by atoms with Crippen molar-refractivity contribution in [1.82, 2.24) is 9.88 Å². The Labute approximate surface area is 201 Å². The molecule has 0 saturated heterocycles. The minimum absolute atomic E-state index is 0.0668. The second-order valence-electron chi connectivity index (χ2n) is 7.89. The second kappa shape index (κ2) is 11.0. The van der Waals surface area contributed by atoms with Crippen LogP contribution >= 0.6 is 0 Å². The van der Waals surface area contributed by atoms with Crippen molar-refractivity contribution in [3.63, 3.8) is 0 Å². The number of hydrogen-bond acceptors (Lipinski definition) is 6. The summed E-state index contributed by atoms with van der Waals surface area (Å²) in [5, 5.41) is 12.3. The Kier molecular flexibility index (Phi) is 7.38. The van der Waals surface area contributed by atoms with E-state index in [0.717, 1.165) is 16.5 Å². The fourth-order valence-corrected chi connectivity index (χ4v) is 3.82. The molecule has 0 fully saturated rings. The van der Waals surface area contributed by atoms with Gasteiger partial charge >= 0.3 is 5.97 Å². The molecule has 8 nitrogen and oxygen atoms in total. The molecule has 1 amide bonds. The number of carbonyl (C=O) groups is 3. The molecule has 0 aliphatic heterocycles. The summed E-state index contributed by atoms with van der Waals surface area (Å²) in [5.41, 5.74) is 2.05. The largest absolute Gasteiger partial charge is 0.459 e. The molecule has 0 spiro atoms. The first kappa shape index (κ1) is 23.5. The first-order chi connectivity index (χ1) is 17.1. The number of hydrogen-bond donors (Lipinski definition) is 1. The van der Waals surface area contributed by atoms with Crippen molar-refractivity contribution < 1.29 is 23.5 Å². The lowest BCUT2D eigenvalue weighted by molar-refractivity contribution is -0.144. The molecule has 176 valence electrons. The number of fused-ring (bicyclic) bond motifs is 1. The van der Waals surface area contributed by atoms with E-state index >= 15 is 0 Å². The number of ketones is 1. The number of nitriles is 1. The Bertz CT molecular complexity index is 1370. The average Bonchev–Trinajstić information content (AvgIpc) is 3.55. The molecule has 0 aliphatic rings. The van der Waals surface area contributed by atoms with Crippen LogP contribution in [0, 0.1) is 11.3 Å². The van der Waals surface area contributed by atoms with Crippen LogP contribution in [0.2, 0.25) is 0 Å². The predicted octanol–water partition coefficient (Wildman–Crippen LogP) is 3.92. The molecular weight excluding hydrogens is 446 g/mol. The van der Waals surface area contributed by atoms with Crippen LogP contribution in [0.3, 0.4) is 0 Å². The molecule has 2 aromatic heterocycles. The highest BCUT2D eigenvalue weighted by molar-refractivity contribution is 6.09. The zero-order valence-electron chi connectivity index (χ0n) is 18.8. The van der Waals surface area contributed by atoms with Crippen molar-refractivity contribution in [2.45, 2.75) is 25.4 Å². The van der Waals surface area contributed by atoms with Gasteiger partial charge in [0.2, 0.25) is 5.78 Å². The molecular formula is C27H23N3O5. The summed E-state index contributed by atoms with van der Waals surface area (Å²) in [7, 11) is 0. The summed E-state index contributed by atoms with van der Waals surface area (Å²) in [6, 6.07) is 20.7. The van der Waals surface area contributed by atoms with E-state index in [1.807, 2.05) is 59.2 Å². The van der Waals surface area contributed by atoms with Gasteiger partial charge in [-0.15, -0.1) is 0 Å². The number of nitrogens with zero attached hydrogens (tertiary/aromatic N) is 2. The number of amides is 1. The van der Waals surface area contributed by atoms with Gasteiger partial charge < -0.3 is 19.0 Å². The van der Waals surface area contributed by atoms with Crippen LogP contribution in [0.5, 0.6) is 0 Å². The van der Waals surface area contributed by atoms with Gasteiger partial charge in [0.15, 0.2) is 12.4 Å². The Morgan fingerprint density at radius 1 is 1.03 bits per heavy atom. The number of furan rings is 1. The number of carbonyl (C=O) groups excluding carboxylic acids is 3. The third-order valence-corrected chi connectivity index (χ3v) is 5.52. The molecule has 1 N–H and O–H groups in total. The number of benzene rings is 2. The van der Waals surface area contributed by atoms with E-state index in [2.05, 4.69) is 11.4 Å². The van der Waals surface area contributed by atoms with Crippen LogP contribution in [0.15, 0.2) is 83.6 Å². The number of nitrogens with one attached hydrogen (secondary N) is 1. The smallest absolute Gasteiger partial charge is 0.329 e. The third-order valence-electron chi connectivity index (χ3n) is 5.52. The summed E-state index contributed by atoms with van der Waals surface area (Å²) in [5.74, 6) is -1.59. The van der Waals surface area contributed by atoms with Gasteiger partial charge in [-0.25, -0.2) is 4.79 Å². The third kappa shape index (κ3) is 5.65. The highest BCUT2D eigenvalue weighted by atomic mass is 16.5. The predicted molar refractivity (Wildman–Crippen MR) is 128 cm³/mol. The first-order valence-electron chi connectivity index (χ1n) is 11.1. The Balaban J connectivity index is 1.48. The molecule has 35 heavy (non-hydrogen) atoms. The lowest BCUT2D eigenvalue weighted by Gasteiger charge is -2.17. The van der Waals surface area contributed by atoms with Gasteiger partial charge in [0, 0.05) is 35.6 Å². The molecule has 8 heteroatoms. The maximum atomic E-state index is 13.0. The normalized spacial score (nSPS) is 11.5. The van der Waals surface area contributed by atoms with Crippen LogP contribution in [-0.2, 0) is 22.5 Å². The van der Waals surface area contributed by atoms with Crippen LogP contribution in [0.1, 0.15) is 32.9 Å². The maximum Gasteiger partial charge on any atom is 0.329 e. The van der Waals surface area contributed by atoms with Crippen LogP contribution in [0.4, 0.5) is 0 Å². The lowest BCUT2D eigenvalue weighted by atomic mass is 10.1. The molecule has 0 saturated carbocycles. The molecule has 1 unspecified atom stereocenters. The van der Waals surface area contributed by atoms with Crippen LogP contribution in [0.25, 0.3) is 10.9 Å². The van der Waals surface area contributed by atoms with E-state index in [1.165, 1.54) is 12.3 Å². The molecule has 2 heterocycles. The van der Waals surface area contributed by atoms with Gasteiger partial charge in [0.25, 0.3) is 5.91 Å². The van der Waals surface area contributed by atoms with Crippen LogP contribution < -0.4 is 5.32 Å². The van der Waals surface area contributed by atoms with E-state index in [9.17, 15) is 14.4 Å². The average molecular weight is 469 g/mol. The lowest BCUT2D eigenvalue weighted by Crippen LogP contribution is -2.43. The summed E-state index contributed by atoms with van der Waals surface area (Å²) in [6.07, 6.45) is 3.54. The number of aromatic nitrogens is 1. The van der Waals surface area contributed by atoms with Gasteiger partial charge in [0.05, 0.1) is 18.8 Å². The summed E-state index contributed by atoms with van der Waals surface area (Å²) >= 11 is 0. The van der Waals surface area contributed by atoms with Crippen molar-refractivity contribution in [3.8, 4) is 6.07 Å². The number of para-hydroxylation sites is 1. The molecule has 2 aromatic carbocycles. The van der Waals surface area contributed by atoms with Gasteiger partial charge in [0.1, 0.15) is 6.04 Å². The first-order valence-corrected chi connectivity index (χ1v) is 11.1. The van der Waals surface area contributed by atoms with Gasteiger partial charge in [-0.1, -0.05) is 48.5 Å². The highest BCUT2D eigenvalue weighted by Gasteiger charge is 2.26. The molecule has 0 radical (unpaired) electrons. The number of Topliss-reactive ketones (excluding diaryl/α,β-unsaturated/α-hetero) is 1. The van der Waals surface area contributed by atoms with E-state index in [4.69, 9.17) is 14.4 Å². The summed E-state index contributed by atoms with van der Waals surface area (Å²) < 4.78 is 12.3. The second-order valence-corrected chi connectivity index (χ2v) is 7.89. The zero-order valence-corrected chi connectivity index (χ0v) is 18.8. The minimum Gasteiger partial charge on any atom is -0.459 e. The standard InChI is InChI=1S/C27H23N3O5/c28-13-7-14-30-17-21(20-10-4-5-11-23(20)30)24(31)18-35-27(33)22(16-19-8-2-1-3-9-19)29-26(32)25-12-6-15-34-25/h1-6,8-12,15,17,22H,7,14,16,18H2,(H,29,32). The number of esters is 1. The quantitative estimate of drug-likeness (QED) is 0.278. The fraction of sp³-hybridized carbons (Fsp3) is 0.185. The van der Waals surface area contributed by atoms with Crippen molar-refractivity contribution in [2.75, 3.05) is 6.61 Å². The highest BCUT2D eigenvalue weighted by Crippen LogP contribution is 2.22. The monoisotopic (exact) mass is 469 g/mol. The number of ether oxygens (including phenoxy) is 1. The molecule has 4 rings (SSSR count). The van der Waals surface area contributed by atoms with E-state index in [-0.39, 0.29) is 18.0 Å². The van der Waals surface area contributed by atoms with Gasteiger partial charge in [-0.3, -0.25) is 9.59 Å². The molecule has 4 aromatic rings. The van der Waals surface area contributed by atoms with Gasteiger partial charge in [-0.05, 0) is 23.8 Å². The maximum absolute atomic E-state index is 13.0. The van der Waals surface area contributed by atoms with E-state index in [1.54, 1.807) is 12.3 Å². The van der Waals surface area contributed by atoms with Crippen molar-refractivity contribution >= 4 is 28.6 Å². The zero-order chi connectivity index (χ0) is 24.6. The van der Waals surface area contributed by atoms with Crippen molar-refractivity contribution in [2.24, 2.45) is 0 Å². The fourth-order valence-electron chi connectivity index (χ4n) is 3.82. The summed E-state index contributed by atoms with van der Waals surface area (Å²) in [6.45, 7) is -0.0327. The Morgan fingerprint density at radius 2 is 1.80 bits per heavy atom. The SMILES string of the molecule is N#CCCn1cc(C(=O)COC(=O)C(Cc2ccccc2)NC(=O)c2ccco2)c2ccccc21. The Morgan fingerprint density at radius 3 is 2.54 bits per heavy atom. The van der Waals surface area contributed by atoms with Crippen molar-refractivity contribution in [3.05, 3.63) is 96.1 Å². The Hall–Kier alpha value is -4.64. The van der Waals surface area contributed by atoms with E-state index < -0.39 is 24.5 Å². The number of rotatable bonds is 10. The minimum atomic E-state index is -1.01. The topological polar surface area (TPSA) is 114 Å². The summed E-state index contributed by atoms with van der Waals surface area (Å²) in [4.78, 5) is 38.4.